The maximum Gasteiger partial charge on any atom is 0.319 e. The van der Waals surface area contributed by atoms with Crippen LogP contribution in [0, 0.1) is 5.92 Å². The summed E-state index contributed by atoms with van der Waals surface area (Å²) in [5.74, 6) is -0.254. The molecule has 1 aliphatic heterocycles. The van der Waals surface area contributed by atoms with Gasteiger partial charge in [-0.25, -0.2) is 4.79 Å². The fourth-order valence-corrected chi connectivity index (χ4v) is 3.87. The molecule has 0 atom stereocenters. The Hall–Kier alpha value is -2.57. The number of urea groups is 1. The summed E-state index contributed by atoms with van der Waals surface area (Å²) >= 11 is 12.0. The highest BCUT2D eigenvalue weighted by Gasteiger charge is 2.28. The number of hydrogen-bond donors (Lipinski definition) is 2. The molecule has 3 amide bonds. The largest absolute Gasteiger partial charge is 0.339 e. The number of rotatable bonds is 5. The van der Waals surface area contributed by atoms with E-state index in [0.717, 1.165) is 0 Å². The zero-order chi connectivity index (χ0) is 22.5. The minimum absolute atomic E-state index is 0.0118. The van der Waals surface area contributed by atoms with E-state index in [1.807, 2.05) is 13.8 Å². The van der Waals surface area contributed by atoms with Crippen molar-refractivity contribution in [3.8, 4) is 0 Å². The van der Waals surface area contributed by atoms with Crippen molar-refractivity contribution in [1.82, 2.24) is 10.2 Å². The topological polar surface area (TPSA) is 78.5 Å². The van der Waals surface area contributed by atoms with Crippen LogP contribution in [0.3, 0.4) is 0 Å². The van der Waals surface area contributed by atoms with Gasteiger partial charge in [-0.05, 0) is 63.1 Å². The van der Waals surface area contributed by atoms with E-state index in [-0.39, 0.29) is 29.7 Å². The molecule has 0 aromatic heterocycles. The van der Waals surface area contributed by atoms with Crippen molar-refractivity contribution in [2.24, 2.45) is 5.92 Å². The molecule has 2 aromatic rings. The molecule has 0 aliphatic carbocycles. The molecular formula is C23H25Cl2N3O3. The van der Waals surface area contributed by atoms with Gasteiger partial charge in [-0.1, -0.05) is 29.3 Å². The third-order valence-electron chi connectivity index (χ3n) is 5.14. The number of halogens is 2. The molecule has 0 spiro atoms. The second-order valence-corrected chi connectivity index (χ2v) is 8.71. The van der Waals surface area contributed by atoms with Crippen LogP contribution in [0.25, 0.3) is 0 Å². The summed E-state index contributed by atoms with van der Waals surface area (Å²) in [6, 6.07) is 11.4. The molecule has 2 N–H and O–H groups in total. The molecule has 1 heterocycles. The van der Waals surface area contributed by atoms with Gasteiger partial charge in [-0.15, -0.1) is 0 Å². The third-order valence-corrected chi connectivity index (χ3v) is 5.88. The van der Waals surface area contributed by atoms with Gasteiger partial charge in [0.2, 0.25) is 0 Å². The Kier molecular flexibility index (Phi) is 7.57. The summed E-state index contributed by atoms with van der Waals surface area (Å²) in [4.78, 5) is 39.3. The van der Waals surface area contributed by atoms with Crippen molar-refractivity contribution < 1.29 is 14.4 Å². The van der Waals surface area contributed by atoms with Gasteiger partial charge >= 0.3 is 6.03 Å². The van der Waals surface area contributed by atoms with E-state index in [1.54, 1.807) is 47.4 Å². The molecule has 8 heteroatoms. The Labute approximate surface area is 191 Å². The second kappa shape index (κ2) is 10.2. The molecule has 0 unspecified atom stereocenters. The molecule has 164 valence electrons. The minimum atomic E-state index is -0.318. The molecule has 2 aromatic carbocycles. The number of nitrogens with one attached hydrogen (secondary N) is 2. The number of ketones is 1. The van der Waals surface area contributed by atoms with E-state index in [2.05, 4.69) is 10.6 Å². The van der Waals surface area contributed by atoms with Crippen LogP contribution in [-0.4, -0.2) is 41.8 Å². The Morgan fingerprint density at radius 2 is 1.68 bits per heavy atom. The highest BCUT2D eigenvalue weighted by Crippen LogP contribution is 2.27. The SMILES string of the molecule is CC(C)NC(=O)Nc1cccc(C(=O)N2CCC(C(=O)c3ccc(Cl)c(Cl)c3)CC2)c1. The van der Waals surface area contributed by atoms with Crippen LogP contribution in [0.5, 0.6) is 0 Å². The van der Waals surface area contributed by atoms with Crippen LogP contribution < -0.4 is 10.6 Å². The van der Waals surface area contributed by atoms with E-state index < -0.39 is 0 Å². The number of carbonyl (C=O) groups is 3. The molecule has 31 heavy (non-hydrogen) atoms. The predicted molar refractivity (Wildman–Crippen MR) is 123 cm³/mol. The molecule has 3 rings (SSSR count). The van der Waals surface area contributed by atoms with Crippen LogP contribution in [0.1, 0.15) is 47.4 Å². The van der Waals surface area contributed by atoms with Crippen molar-refractivity contribution in [3.05, 3.63) is 63.6 Å². The lowest BCUT2D eigenvalue weighted by atomic mass is 9.88. The van der Waals surface area contributed by atoms with Gasteiger partial charge in [0.15, 0.2) is 5.78 Å². The first-order valence-corrected chi connectivity index (χ1v) is 11.0. The molecule has 0 bridgehead atoms. The molecular weight excluding hydrogens is 437 g/mol. The van der Waals surface area contributed by atoms with E-state index >= 15 is 0 Å². The van der Waals surface area contributed by atoms with Crippen molar-refractivity contribution in [1.29, 1.82) is 0 Å². The Morgan fingerprint density at radius 3 is 2.32 bits per heavy atom. The molecule has 1 saturated heterocycles. The van der Waals surface area contributed by atoms with Crippen molar-refractivity contribution in [2.75, 3.05) is 18.4 Å². The van der Waals surface area contributed by atoms with Gasteiger partial charge in [-0.2, -0.15) is 0 Å². The van der Waals surface area contributed by atoms with E-state index in [9.17, 15) is 14.4 Å². The van der Waals surface area contributed by atoms with Crippen molar-refractivity contribution in [2.45, 2.75) is 32.7 Å². The van der Waals surface area contributed by atoms with Crippen LogP contribution in [0.2, 0.25) is 10.0 Å². The van der Waals surface area contributed by atoms with Gasteiger partial charge in [-0.3, -0.25) is 9.59 Å². The lowest BCUT2D eigenvalue weighted by Gasteiger charge is -2.31. The van der Waals surface area contributed by atoms with E-state index in [0.29, 0.717) is 52.8 Å². The maximum absolute atomic E-state index is 12.9. The number of carbonyl (C=O) groups excluding carboxylic acids is 3. The monoisotopic (exact) mass is 461 g/mol. The highest BCUT2D eigenvalue weighted by atomic mass is 35.5. The fraction of sp³-hybridized carbons (Fsp3) is 0.348. The van der Waals surface area contributed by atoms with E-state index in [1.165, 1.54) is 0 Å². The lowest BCUT2D eigenvalue weighted by molar-refractivity contribution is 0.0650. The number of anilines is 1. The lowest BCUT2D eigenvalue weighted by Crippen LogP contribution is -2.40. The third kappa shape index (κ3) is 5.99. The van der Waals surface area contributed by atoms with E-state index in [4.69, 9.17) is 23.2 Å². The number of piperidine rings is 1. The first-order chi connectivity index (χ1) is 14.7. The Bertz CT molecular complexity index is 986. The fourth-order valence-electron chi connectivity index (χ4n) is 3.57. The van der Waals surface area contributed by atoms with Crippen LogP contribution in [0.15, 0.2) is 42.5 Å². The van der Waals surface area contributed by atoms with Crippen molar-refractivity contribution >= 4 is 46.6 Å². The van der Waals surface area contributed by atoms with Crippen LogP contribution >= 0.6 is 23.2 Å². The number of hydrogen-bond acceptors (Lipinski definition) is 3. The predicted octanol–water partition coefficient (Wildman–Crippen LogP) is 5.26. The number of nitrogens with zero attached hydrogens (tertiary/aromatic N) is 1. The molecule has 1 fully saturated rings. The second-order valence-electron chi connectivity index (χ2n) is 7.89. The van der Waals surface area contributed by atoms with Gasteiger partial charge in [0.25, 0.3) is 5.91 Å². The first kappa shape index (κ1) is 23.1. The minimum Gasteiger partial charge on any atom is -0.339 e. The summed E-state index contributed by atoms with van der Waals surface area (Å²) in [6.07, 6.45) is 1.17. The van der Waals surface area contributed by atoms with Crippen LogP contribution in [-0.2, 0) is 0 Å². The number of Topliss-reactive ketones (excluding diaryl/α,β-unsaturated/α-hetero) is 1. The Balaban J connectivity index is 1.60. The average Bonchev–Trinajstić information content (AvgIpc) is 2.74. The summed E-state index contributed by atoms with van der Waals surface area (Å²) < 4.78 is 0. The smallest absolute Gasteiger partial charge is 0.319 e. The molecule has 0 radical (unpaired) electrons. The Morgan fingerprint density at radius 1 is 0.968 bits per heavy atom. The van der Waals surface area contributed by atoms with Crippen molar-refractivity contribution in [3.63, 3.8) is 0 Å². The highest BCUT2D eigenvalue weighted by molar-refractivity contribution is 6.42. The maximum atomic E-state index is 12.9. The summed E-state index contributed by atoms with van der Waals surface area (Å²) in [6.45, 7) is 4.72. The van der Waals surface area contributed by atoms with Crippen LogP contribution in [0.4, 0.5) is 10.5 Å². The average molecular weight is 462 g/mol. The zero-order valence-electron chi connectivity index (χ0n) is 17.5. The number of likely N-dealkylation sites (tertiary alicyclic amines) is 1. The summed E-state index contributed by atoms with van der Waals surface area (Å²) in [5.41, 5.74) is 1.59. The summed E-state index contributed by atoms with van der Waals surface area (Å²) in [7, 11) is 0. The van der Waals surface area contributed by atoms with Gasteiger partial charge < -0.3 is 15.5 Å². The summed E-state index contributed by atoms with van der Waals surface area (Å²) in [5, 5.41) is 6.25. The standard InChI is InChI=1S/C23H25Cl2N3O3/c1-14(2)26-23(31)27-18-5-3-4-17(12-18)22(30)28-10-8-15(9-11-28)21(29)16-6-7-19(24)20(25)13-16/h3-7,12-15H,8-11H2,1-2H3,(H2,26,27,31). The van der Waals surface area contributed by atoms with Gasteiger partial charge in [0.05, 0.1) is 10.0 Å². The molecule has 1 aliphatic rings. The molecule has 0 saturated carbocycles. The normalized spacial score (nSPS) is 14.4. The van der Waals surface area contributed by atoms with Gasteiger partial charge in [0, 0.05) is 41.9 Å². The zero-order valence-corrected chi connectivity index (χ0v) is 19.0. The number of benzene rings is 2. The van der Waals surface area contributed by atoms with Gasteiger partial charge in [0.1, 0.15) is 0 Å². The molecule has 6 nitrogen and oxygen atoms in total. The first-order valence-electron chi connectivity index (χ1n) is 10.2. The number of amides is 3. The quantitative estimate of drug-likeness (QED) is 0.596.